The van der Waals surface area contributed by atoms with E-state index in [0.29, 0.717) is 6.42 Å². The van der Waals surface area contributed by atoms with Gasteiger partial charge in [0.05, 0.1) is 0 Å². The van der Waals surface area contributed by atoms with Crippen molar-refractivity contribution in [1.82, 2.24) is 0 Å². The van der Waals surface area contributed by atoms with Gasteiger partial charge in [0.15, 0.2) is 0 Å². The van der Waals surface area contributed by atoms with Crippen LogP contribution in [-0.2, 0) is 0 Å². The second-order valence-electron chi connectivity index (χ2n) is 2.25. The maximum Gasteiger partial charge on any atom is 0.111 e. The zero-order valence-electron chi connectivity index (χ0n) is 4.41. The summed E-state index contributed by atoms with van der Waals surface area (Å²) in [5, 5.41) is 0. The standard InChI is InChI=1S/C6H10F/c1-2-3-6(7)4-5-6/h1-5H2. The molecule has 0 bridgehead atoms. The van der Waals surface area contributed by atoms with Gasteiger partial charge in [0.1, 0.15) is 5.67 Å². The Morgan fingerprint density at radius 2 is 2.14 bits per heavy atom. The Balaban J connectivity index is 2.13. The molecule has 0 heterocycles. The third-order valence-corrected chi connectivity index (χ3v) is 1.42. The molecule has 0 nitrogen and oxygen atoms in total. The van der Waals surface area contributed by atoms with E-state index in [2.05, 4.69) is 6.92 Å². The molecule has 0 saturated heterocycles. The minimum Gasteiger partial charge on any atom is -0.244 e. The molecule has 0 unspecified atom stereocenters. The topological polar surface area (TPSA) is 0 Å². The average molecular weight is 101 g/mol. The van der Waals surface area contributed by atoms with Crippen molar-refractivity contribution in [2.45, 2.75) is 31.4 Å². The third kappa shape index (κ3) is 1.15. The lowest BCUT2D eigenvalue weighted by Gasteiger charge is -1.96. The molecule has 1 radical (unpaired) electrons. The van der Waals surface area contributed by atoms with E-state index in [9.17, 15) is 4.39 Å². The number of rotatable bonds is 2. The number of alkyl halides is 1. The first-order valence-electron chi connectivity index (χ1n) is 2.75. The largest absolute Gasteiger partial charge is 0.244 e. The van der Waals surface area contributed by atoms with Gasteiger partial charge in [0, 0.05) is 0 Å². The van der Waals surface area contributed by atoms with Crippen LogP contribution in [0.3, 0.4) is 0 Å². The minimum atomic E-state index is -0.762. The number of hydrogen-bond donors (Lipinski definition) is 0. The quantitative estimate of drug-likeness (QED) is 0.499. The van der Waals surface area contributed by atoms with Crippen LogP contribution in [0, 0.1) is 6.92 Å². The molecule has 0 amide bonds. The van der Waals surface area contributed by atoms with E-state index in [1.54, 1.807) is 0 Å². The fraction of sp³-hybridized carbons (Fsp3) is 0.833. The smallest absolute Gasteiger partial charge is 0.111 e. The normalized spacial score (nSPS) is 24.9. The highest BCUT2D eigenvalue weighted by Gasteiger charge is 2.41. The van der Waals surface area contributed by atoms with E-state index in [4.69, 9.17) is 0 Å². The van der Waals surface area contributed by atoms with Crippen LogP contribution >= 0.6 is 0 Å². The molecule has 1 rings (SSSR count). The summed E-state index contributed by atoms with van der Waals surface area (Å²) < 4.78 is 12.5. The molecule has 41 valence electrons. The lowest BCUT2D eigenvalue weighted by atomic mass is 10.2. The van der Waals surface area contributed by atoms with Gasteiger partial charge in [-0.2, -0.15) is 0 Å². The predicted octanol–water partition coefficient (Wildman–Crippen LogP) is 2.10. The molecule has 0 aromatic heterocycles. The van der Waals surface area contributed by atoms with Crippen LogP contribution in [0.2, 0.25) is 0 Å². The van der Waals surface area contributed by atoms with Gasteiger partial charge in [0.2, 0.25) is 0 Å². The monoisotopic (exact) mass is 101 g/mol. The first kappa shape index (κ1) is 5.07. The van der Waals surface area contributed by atoms with Gasteiger partial charge in [0.25, 0.3) is 0 Å². The zero-order chi connectivity index (χ0) is 5.33. The molecule has 0 N–H and O–H groups in total. The Bertz CT molecular complexity index is 64.6. The van der Waals surface area contributed by atoms with Crippen molar-refractivity contribution in [2.75, 3.05) is 0 Å². The fourth-order valence-corrected chi connectivity index (χ4v) is 0.702. The summed E-state index contributed by atoms with van der Waals surface area (Å²) in [7, 11) is 0. The van der Waals surface area contributed by atoms with Gasteiger partial charge in [-0.15, -0.1) is 0 Å². The first-order valence-corrected chi connectivity index (χ1v) is 2.75. The van der Waals surface area contributed by atoms with Crippen molar-refractivity contribution in [3.05, 3.63) is 6.92 Å². The lowest BCUT2D eigenvalue weighted by molar-refractivity contribution is 0.291. The summed E-state index contributed by atoms with van der Waals surface area (Å²) in [4.78, 5) is 0. The Morgan fingerprint density at radius 3 is 2.29 bits per heavy atom. The fourth-order valence-electron chi connectivity index (χ4n) is 0.702. The Kier molecular flexibility index (Phi) is 1.06. The molecule has 0 aromatic carbocycles. The van der Waals surface area contributed by atoms with Gasteiger partial charge >= 0.3 is 0 Å². The maximum atomic E-state index is 12.5. The van der Waals surface area contributed by atoms with Crippen LogP contribution in [0.4, 0.5) is 4.39 Å². The van der Waals surface area contributed by atoms with Crippen molar-refractivity contribution in [3.8, 4) is 0 Å². The molecule has 0 spiro atoms. The van der Waals surface area contributed by atoms with E-state index in [1.807, 2.05) is 0 Å². The van der Waals surface area contributed by atoms with Gasteiger partial charge in [-0.25, -0.2) is 4.39 Å². The van der Waals surface area contributed by atoms with Gasteiger partial charge in [-0.3, -0.25) is 0 Å². The van der Waals surface area contributed by atoms with Gasteiger partial charge in [-0.05, 0) is 19.3 Å². The van der Waals surface area contributed by atoms with Crippen LogP contribution < -0.4 is 0 Å². The molecule has 1 aliphatic rings. The second-order valence-corrected chi connectivity index (χ2v) is 2.25. The molecular formula is C6H10F. The predicted molar refractivity (Wildman–Crippen MR) is 27.7 cm³/mol. The van der Waals surface area contributed by atoms with E-state index in [-0.39, 0.29) is 0 Å². The molecule has 0 aromatic rings. The zero-order valence-corrected chi connectivity index (χ0v) is 4.41. The highest BCUT2D eigenvalue weighted by atomic mass is 19.1. The van der Waals surface area contributed by atoms with E-state index in [0.717, 1.165) is 19.3 Å². The number of hydrogen-bond acceptors (Lipinski definition) is 0. The van der Waals surface area contributed by atoms with Crippen LogP contribution in [0.15, 0.2) is 0 Å². The van der Waals surface area contributed by atoms with Crippen LogP contribution in [0.1, 0.15) is 25.7 Å². The molecule has 7 heavy (non-hydrogen) atoms. The maximum absolute atomic E-state index is 12.5. The third-order valence-electron chi connectivity index (χ3n) is 1.42. The van der Waals surface area contributed by atoms with Crippen LogP contribution in [0.5, 0.6) is 0 Å². The lowest BCUT2D eigenvalue weighted by Crippen LogP contribution is -1.95. The van der Waals surface area contributed by atoms with E-state index >= 15 is 0 Å². The minimum absolute atomic E-state index is 0.674. The van der Waals surface area contributed by atoms with E-state index < -0.39 is 5.67 Å². The summed E-state index contributed by atoms with van der Waals surface area (Å²) in [5.41, 5.74) is -0.762. The van der Waals surface area contributed by atoms with Crippen molar-refractivity contribution in [3.63, 3.8) is 0 Å². The van der Waals surface area contributed by atoms with Crippen LogP contribution in [-0.4, -0.2) is 5.67 Å². The second kappa shape index (κ2) is 1.46. The highest BCUT2D eigenvalue weighted by Crippen LogP contribution is 2.43. The molecular weight excluding hydrogens is 91.1 g/mol. The first-order chi connectivity index (χ1) is 3.27. The molecule has 0 atom stereocenters. The van der Waals surface area contributed by atoms with Crippen LogP contribution in [0.25, 0.3) is 0 Å². The molecule has 1 aliphatic carbocycles. The molecule has 1 heteroatoms. The Labute approximate surface area is 43.7 Å². The Hall–Kier alpha value is -0.0700. The van der Waals surface area contributed by atoms with Gasteiger partial charge in [-0.1, -0.05) is 13.3 Å². The highest BCUT2D eigenvalue weighted by molar-refractivity contribution is 4.93. The molecule has 1 fully saturated rings. The summed E-state index contributed by atoms with van der Waals surface area (Å²) >= 11 is 0. The van der Waals surface area contributed by atoms with Gasteiger partial charge < -0.3 is 0 Å². The average Bonchev–Trinajstić information content (AvgIpc) is 2.22. The summed E-state index contributed by atoms with van der Waals surface area (Å²) in [6.45, 7) is 3.57. The molecule has 0 aliphatic heterocycles. The SMILES string of the molecule is [CH2]CCC1(F)CC1. The van der Waals surface area contributed by atoms with Crippen molar-refractivity contribution < 1.29 is 4.39 Å². The number of halogens is 1. The molecule has 1 saturated carbocycles. The van der Waals surface area contributed by atoms with Crippen molar-refractivity contribution in [1.29, 1.82) is 0 Å². The van der Waals surface area contributed by atoms with Crippen molar-refractivity contribution in [2.24, 2.45) is 0 Å². The van der Waals surface area contributed by atoms with Crippen molar-refractivity contribution >= 4 is 0 Å². The summed E-state index contributed by atoms with van der Waals surface area (Å²) in [6, 6.07) is 0. The Morgan fingerprint density at radius 1 is 1.57 bits per heavy atom. The van der Waals surface area contributed by atoms with E-state index in [1.165, 1.54) is 0 Å². The summed E-state index contributed by atoms with van der Waals surface area (Å²) in [5.74, 6) is 0. The summed E-state index contributed by atoms with van der Waals surface area (Å²) in [6.07, 6.45) is 2.98.